The van der Waals surface area contributed by atoms with Crippen LogP contribution in [0.4, 0.5) is 10.5 Å². The lowest BCUT2D eigenvalue weighted by molar-refractivity contribution is 0.0747. The zero-order valence-electron chi connectivity index (χ0n) is 24.3. The number of amides is 1. The zero-order chi connectivity index (χ0) is 29.9. The van der Waals surface area contributed by atoms with Crippen LogP contribution < -0.4 is 9.64 Å². The molecule has 0 radical (unpaired) electrons. The first-order valence-corrected chi connectivity index (χ1v) is 14.8. The monoisotopic (exact) mass is 586 g/mol. The lowest BCUT2D eigenvalue weighted by Crippen LogP contribution is -2.56. The van der Waals surface area contributed by atoms with E-state index in [1.165, 1.54) is 4.90 Å². The summed E-state index contributed by atoms with van der Waals surface area (Å²) in [5.41, 5.74) is 4.46. The Hall–Kier alpha value is -4.35. The quantitative estimate of drug-likeness (QED) is 0.283. The summed E-state index contributed by atoms with van der Waals surface area (Å²) < 4.78 is 7.91. The lowest BCUT2D eigenvalue weighted by atomic mass is 9.95. The number of likely N-dealkylation sites (tertiary alicyclic amines) is 1. The number of ether oxygens (including phenoxy) is 1. The van der Waals surface area contributed by atoms with Gasteiger partial charge in [0.15, 0.2) is 0 Å². The summed E-state index contributed by atoms with van der Waals surface area (Å²) in [5.74, 6) is 0.650. The highest BCUT2D eigenvalue weighted by Crippen LogP contribution is 2.36. The van der Waals surface area contributed by atoms with Crippen molar-refractivity contribution in [2.24, 2.45) is 13.0 Å². The fraction of sp³-hybridized carbons (Fsp3) is 0.406. The van der Waals surface area contributed by atoms with Crippen LogP contribution >= 0.6 is 0 Å². The molecule has 0 bridgehead atoms. The molecule has 6 rings (SSSR count). The molecule has 4 aromatic rings. The van der Waals surface area contributed by atoms with E-state index in [9.17, 15) is 20.1 Å². The van der Waals surface area contributed by atoms with Crippen molar-refractivity contribution >= 4 is 22.7 Å². The summed E-state index contributed by atoms with van der Waals surface area (Å²) >= 11 is 0. The molecule has 0 saturated carbocycles. The topological polar surface area (TPSA) is 127 Å². The largest absolute Gasteiger partial charge is 0.493 e. The van der Waals surface area contributed by atoms with Gasteiger partial charge in [-0.3, -0.25) is 9.58 Å². The van der Waals surface area contributed by atoms with Crippen molar-refractivity contribution in [3.05, 3.63) is 66.2 Å². The molecular weight excluding hydrogens is 548 g/mol. The minimum atomic E-state index is -0.839. The van der Waals surface area contributed by atoms with Gasteiger partial charge >= 0.3 is 6.09 Å². The molecule has 226 valence electrons. The molecule has 1 atom stereocenters. The van der Waals surface area contributed by atoms with Crippen LogP contribution in [0.3, 0.4) is 0 Å². The molecule has 0 spiro atoms. The van der Waals surface area contributed by atoms with Crippen LogP contribution in [0.1, 0.15) is 18.4 Å². The van der Waals surface area contributed by atoms with Crippen molar-refractivity contribution in [1.29, 1.82) is 0 Å². The Morgan fingerprint density at radius 1 is 1.02 bits per heavy atom. The number of aromatic nitrogens is 3. The summed E-state index contributed by atoms with van der Waals surface area (Å²) in [6.07, 6.45) is 0.883. The van der Waals surface area contributed by atoms with E-state index in [1.54, 1.807) is 12.1 Å². The van der Waals surface area contributed by atoms with Gasteiger partial charge in [-0.05, 0) is 48.6 Å². The molecule has 1 unspecified atom stereocenters. The standard InChI is InChI=1S/C32H38N6O5/c1-35-28-17-24(38-16-15-37(25(19-38)20-39)18-22-11-13-36(14-12-22)32(41)42)7-8-26(28)30(34-35)27-9-10-29(40)33-31(27)43-21-23-5-3-2-4-6-23/h2-10,17,22,25,39H,11-16,18-21H2,1H3,(H,33,40)(H,41,42). The van der Waals surface area contributed by atoms with Crippen molar-refractivity contribution < 1.29 is 24.9 Å². The predicted octanol–water partition coefficient (Wildman–Crippen LogP) is 3.79. The highest BCUT2D eigenvalue weighted by Gasteiger charge is 2.31. The van der Waals surface area contributed by atoms with Crippen LogP contribution in [0.15, 0.2) is 60.7 Å². The van der Waals surface area contributed by atoms with Crippen molar-refractivity contribution in [1.82, 2.24) is 24.6 Å². The number of nitrogens with zero attached hydrogens (tertiary/aromatic N) is 6. The number of carbonyl (C=O) groups is 1. The van der Waals surface area contributed by atoms with Gasteiger partial charge in [0, 0.05) is 63.5 Å². The molecule has 2 aliphatic heterocycles. The average Bonchev–Trinajstić information content (AvgIpc) is 3.36. The summed E-state index contributed by atoms with van der Waals surface area (Å²) in [6, 6.07) is 19.5. The summed E-state index contributed by atoms with van der Waals surface area (Å²) in [4.78, 5) is 21.7. The Morgan fingerprint density at radius 3 is 2.56 bits per heavy atom. The lowest BCUT2D eigenvalue weighted by Gasteiger charge is -2.44. The van der Waals surface area contributed by atoms with E-state index < -0.39 is 6.09 Å². The fourth-order valence-electron chi connectivity index (χ4n) is 6.27. The van der Waals surface area contributed by atoms with Gasteiger partial charge in [-0.2, -0.15) is 10.1 Å². The molecule has 2 aromatic heterocycles. The number of benzene rings is 2. The molecule has 2 saturated heterocycles. The van der Waals surface area contributed by atoms with Gasteiger partial charge in [0.05, 0.1) is 23.7 Å². The Labute approximate surface area is 250 Å². The molecule has 2 fully saturated rings. The summed E-state index contributed by atoms with van der Waals surface area (Å²) in [5, 5.41) is 35.4. The van der Waals surface area contributed by atoms with Crippen LogP contribution in [-0.2, 0) is 13.7 Å². The molecule has 1 amide bonds. The number of aromatic hydroxyl groups is 1. The molecule has 43 heavy (non-hydrogen) atoms. The van der Waals surface area contributed by atoms with Gasteiger partial charge in [-0.1, -0.05) is 30.3 Å². The minimum Gasteiger partial charge on any atom is -0.493 e. The Kier molecular flexibility index (Phi) is 8.35. The van der Waals surface area contributed by atoms with Gasteiger partial charge in [-0.15, -0.1) is 0 Å². The summed E-state index contributed by atoms with van der Waals surface area (Å²) in [7, 11) is 1.91. The number of aliphatic hydroxyl groups excluding tert-OH is 1. The maximum Gasteiger partial charge on any atom is 0.407 e. The van der Waals surface area contributed by atoms with Gasteiger partial charge in [-0.25, -0.2) is 4.79 Å². The number of piperidine rings is 1. The average molecular weight is 587 g/mol. The smallest absolute Gasteiger partial charge is 0.407 e. The predicted molar refractivity (Wildman–Crippen MR) is 163 cm³/mol. The second kappa shape index (κ2) is 12.5. The summed E-state index contributed by atoms with van der Waals surface area (Å²) in [6.45, 7) is 4.81. The number of pyridine rings is 1. The Balaban J connectivity index is 1.18. The number of aliphatic hydroxyl groups is 1. The van der Waals surface area contributed by atoms with E-state index >= 15 is 0 Å². The fourth-order valence-corrected chi connectivity index (χ4v) is 6.27. The molecule has 0 aliphatic carbocycles. The number of hydrogen-bond acceptors (Lipinski definition) is 8. The molecular formula is C32H38N6O5. The second-order valence-corrected chi connectivity index (χ2v) is 11.5. The maximum atomic E-state index is 11.3. The number of aryl methyl sites for hydroxylation is 1. The zero-order valence-corrected chi connectivity index (χ0v) is 24.3. The van der Waals surface area contributed by atoms with Crippen molar-refractivity contribution in [3.8, 4) is 23.0 Å². The van der Waals surface area contributed by atoms with E-state index in [-0.39, 0.29) is 18.5 Å². The maximum absolute atomic E-state index is 11.3. The Bertz CT molecular complexity index is 1570. The molecule has 2 aromatic carbocycles. The molecule has 2 aliphatic rings. The second-order valence-electron chi connectivity index (χ2n) is 11.5. The number of hydrogen-bond donors (Lipinski definition) is 3. The highest BCUT2D eigenvalue weighted by molar-refractivity contribution is 5.96. The molecule has 3 N–H and O–H groups in total. The number of piperazine rings is 1. The first-order valence-electron chi connectivity index (χ1n) is 14.8. The van der Waals surface area contributed by atoms with Crippen molar-refractivity contribution in [2.75, 3.05) is 50.8 Å². The van der Waals surface area contributed by atoms with E-state index in [2.05, 4.69) is 33.0 Å². The van der Waals surface area contributed by atoms with Crippen molar-refractivity contribution in [2.45, 2.75) is 25.5 Å². The number of rotatable bonds is 8. The van der Waals surface area contributed by atoms with Gasteiger partial charge in [0.1, 0.15) is 12.3 Å². The van der Waals surface area contributed by atoms with Crippen LogP contribution in [0.5, 0.6) is 11.8 Å². The first-order chi connectivity index (χ1) is 20.9. The normalized spacial score (nSPS) is 18.3. The van der Waals surface area contributed by atoms with E-state index in [4.69, 9.17) is 9.84 Å². The van der Waals surface area contributed by atoms with E-state index in [1.807, 2.05) is 42.1 Å². The van der Waals surface area contributed by atoms with Gasteiger partial charge in [0.25, 0.3) is 0 Å². The SMILES string of the molecule is Cn1nc(-c2ccc(O)nc2OCc2ccccc2)c2ccc(N3CCN(CC4CCN(C(=O)O)CC4)C(CO)C3)cc21. The number of anilines is 1. The number of carboxylic acid groups (broad SMARTS) is 1. The van der Waals surface area contributed by atoms with E-state index in [0.29, 0.717) is 43.6 Å². The van der Waals surface area contributed by atoms with Crippen LogP contribution in [0.25, 0.3) is 22.2 Å². The third-order valence-electron chi connectivity index (χ3n) is 8.71. The van der Waals surface area contributed by atoms with Crippen LogP contribution in [-0.4, -0.2) is 97.9 Å². The van der Waals surface area contributed by atoms with Crippen LogP contribution in [0, 0.1) is 5.92 Å². The third kappa shape index (κ3) is 6.23. The number of fused-ring (bicyclic) bond motifs is 1. The van der Waals surface area contributed by atoms with Crippen molar-refractivity contribution in [3.63, 3.8) is 0 Å². The third-order valence-corrected chi connectivity index (χ3v) is 8.71. The van der Waals surface area contributed by atoms with Gasteiger partial charge < -0.3 is 29.9 Å². The Morgan fingerprint density at radius 2 is 1.81 bits per heavy atom. The molecule has 11 heteroatoms. The van der Waals surface area contributed by atoms with E-state index in [0.717, 1.165) is 60.3 Å². The minimum absolute atomic E-state index is 0.0106. The molecule has 11 nitrogen and oxygen atoms in total. The van der Waals surface area contributed by atoms with Gasteiger partial charge in [0.2, 0.25) is 11.8 Å². The highest BCUT2D eigenvalue weighted by atomic mass is 16.5. The van der Waals surface area contributed by atoms with Crippen LogP contribution in [0.2, 0.25) is 0 Å². The molecule has 4 heterocycles. The first kappa shape index (κ1) is 28.8.